The molecule has 1 aliphatic heterocycles. The van der Waals surface area contributed by atoms with Crippen LogP contribution in [0.25, 0.3) is 0 Å². The lowest BCUT2D eigenvalue weighted by molar-refractivity contribution is 0.0715. The molecule has 0 spiro atoms. The first-order valence-electron chi connectivity index (χ1n) is 9.86. The Hall–Kier alpha value is -1.14. The number of carbonyl (C=O) groups is 1. The van der Waals surface area contributed by atoms with Gasteiger partial charge in [-0.2, -0.15) is 0 Å². The van der Waals surface area contributed by atoms with Gasteiger partial charge in [-0.15, -0.1) is 0 Å². The third-order valence-corrected chi connectivity index (χ3v) is 5.96. The lowest BCUT2D eigenvalue weighted by Crippen LogP contribution is -2.32. The van der Waals surface area contributed by atoms with E-state index in [1.165, 1.54) is 4.90 Å². The van der Waals surface area contributed by atoms with E-state index in [-0.39, 0.29) is 5.60 Å². The molecule has 1 unspecified atom stereocenters. The lowest BCUT2D eigenvalue weighted by Gasteiger charge is -2.28. The number of rotatable bonds is 10. The molecule has 1 N–H and O–H groups in total. The Kier molecular flexibility index (Phi) is 7.89. The molecule has 1 amide bonds. The first-order chi connectivity index (χ1) is 12.4. The summed E-state index contributed by atoms with van der Waals surface area (Å²) in [4.78, 5) is 13.4. The van der Waals surface area contributed by atoms with Gasteiger partial charge in [0.15, 0.2) is 0 Å². The molecule has 26 heavy (non-hydrogen) atoms. The van der Waals surface area contributed by atoms with Crippen LogP contribution in [0.3, 0.4) is 0 Å². The molecule has 0 aromatic carbocycles. The summed E-state index contributed by atoms with van der Waals surface area (Å²) < 4.78 is 8.45. The molecule has 0 aromatic heterocycles. The van der Waals surface area contributed by atoms with E-state index >= 15 is 0 Å². The number of hydrogen-bond acceptors (Lipinski definition) is 4. The molecule has 1 saturated heterocycles. The maximum Gasteiger partial charge on any atom is 0.412 e. The fraction of sp³-hybridized carbons (Fsp3) is 0.750. The van der Waals surface area contributed by atoms with Crippen LogP contribution in [0, 0.1) is 5.92 Å². The van der Waals surface area contributed by atoms with Gasteiger partial charge >= 0.3 is 6.09 Å². The second-order valence-electron chi connectivity index (χ2n) is 7.76. The van der Waals surface area contributed by atoms with Gasteiger partial charge in [0.1, 0.15) is 11.4 Å². The summed E-state index contributed by atoms with van der Waals surface area (Å²) in [7, 11) is 0. The van der Waals surface area contributed by atoms with E-state index in [1.54, 1.807) is 11.9 Å². The number of amides is 1. The highest BCUT2D eigenvalue weighted by Gasteiger charge is 2.40. The Morgan fingerprint density at radius 3 is 2.54 bits per heavy atom. The standard InChI is InChI=1S/C20H34N2O3S/c1-5-7-12-21(13-8-6-2)26-15-22(19(23)24)17-11-9-10-16-14-20(3,4)25-18(16)17/h9,11,16H,5-8,10,12-15H2,1-4H3,(H,23,24). The van der Waals surface area contributed by atoms with Crippen LogP contribution in [0.2, 0.25) is 0 Å². The van der Waals surface area contributed by atoms with Gasteiger partial charge in [-0.05, 0) is 45.6 Å². The highest BCUT2D eigenvalue weighted by Crippen LogP contribution is 2.44. The van der Waals surface area contributed by atoms with E-state index in [9.17, 15) is 9.90 Å². The second kappa shape index (κ2) is 9.70. The molecule has 148 valence electrons. The SMILES string of the molecule is CCCCN(CCCC)SCN(C(=O)O)C1=C2OC(C)(C)CC2CC=C1. The summed E-state index contributed by atoms with van der Waals surface area (Å²) in [6, 6.07) is 0. The zero-order valence-corrected chi connectivity index (χ0v) is 17.5. The molecular weight excluding hydrogens is 348 g/mol. The molecule has 0 saturated carbocycles. The Morgan fingerprint density at radius 1 is 1.31 bits per heavy atom. The van der Waals surface area contributed by atoms with Gasteiger partial charge in [0.05, 0.1) is 11.6 Å². The molecule has 0 radical (unpaired) electrons. The van der Waals surface area contributed by atoms with E-state index in [0.717, 1.165) is 63.1 Å². The van der Waals surface area contributed by atoms with Crippen LogP contribution in [-0.4, -0.2) is 45.0 Å². The quantitative estimate of drug-likeness (QED) is 0.401. The molecule has 1 atom stereocenters. The largest absolute Gasteiger partial charge is 0.490 e. The normalized spacial score (nSPS) is 21.0. The molecule has 0 aromatic rings. The van der Waals surface area contributed by atoms with Crippen LogP contribution in [0.1, 0.15) is 66.2 Å². The number of nitrogens with zero attached hydrogens (tertiary/aromatic N) is 2. The summed E-state index contributed by atoms with van der Waals surface area (Å²) in [5, 5.41) is 9.81. The number of fused-ring (bicyclic) bond motifs is 1. The number of ether oxygens (including phenoxy) is 1. The summed E-state index contributed by atoms with van der Waals surface area (Å²) in [6.07, 6.45) is 9.53. The van der Waals surface area contributed by atoms with Crippen molar-refractivity contribution in [3.8, 4) is 0 Å². The maximum absolute atomic E-state index is 12.0. The Labute approximate surface area is 162 Å². The number of unbranched alkanes of at least 4 members (excludes halogenated alkanes) is 2. The maximum atomic E-state index is 12.0. The van der Waals surface area contributed by atoms with Gasteiger partial charge in [0.25, 0.3) is 0 Å². The second-order valence-corrected chi connectivity index (χ2v) is 8.79. The van der Waals surface area contributed by atoms with Crippen molar-refractivity contribution in [3.05, 3.63) is 23.6 Å². The van der Waals surface area contributed by atoms with Crippen LogP contribution in [0.4, 0.5) is 4.79 Å². The van der Waals surface area contributed by atoms with Crippen LogP contribution in [-0.2, 0) is 4.74 Å². The molecule has 0 bridgehead atoms. The van der Waals surface area contributed by atoms with Crippen LogP contribution >= 0.6 is 11.9 Å². The highest BCUT2D eigenvalue weighted by molar-refractivity contribution is 7.96. The molecular formula is C20H34N2O3S. The van der Waals surface area contributed by atoms with Crippen LogP contribution < -0.4 is 0 Å². The van der Waals surface area contributed by atoms with Crippen molar-refractivity contribution >= 4 is 18.0 Å². The fourth-order valence-electron chi connectivity index (χ4n) is 3.49. The van der Waals surface area contributed by atoms with Gasteiger partial charge in [-0.25, -0.2) is 9.10 Å². The lowest BCUT2D eigenvalue weighted by atomic mass is 9.90. The monoisotopic (exact) mass is 382 g/mol. The van der Waals surface area contributed by atoms with Crippen molar-refractivity contribution < 1.29 is 14.6 Å². The number of carboxylic acid groups (broad SMARTS) is 1. The average Bonchev–Trinajstić information content (AvgIpc) is 2.91. The zero-order valence-electron chi connectivity index (χ0n) is 16.7. The third-order valence-electron chi connectivity index (χ3n) is 4.86. The summed E-state index contributed by atoms with van der Waals surface area (Å²) in [5.41, 5.74) is 0.501. The minimum absolute atomic E-state index is 0.219. The van der Waals surface area contributed by atoms with Gasteiger partial charge in [0, 0.05) is 19.0 Å². The smallest absolute Gasteiger partial charge is 0.412 e. The van der Waals surface area contributed by atoms with Crippen molar-refractivity contribution in [3.63, 3.8) is 0 Å². The van der Waals surface area contributed by atoms with E-state index in [2.05, 4.69) is 38.1 Å². The molecule has 5 nitrogen and oxygen atoms in total. The minimum atomic E-state index is -0.912. The van der Waals surface area contributed by atoms with Crippen LogP contribution in [0.5, 0.6) is 0 Å². The van der Waals surface area contributed by atoms with Crippen LogP contribution in [0.15, 0.2) is 23.6 Å². The summed E-state index contributed by atoms with van der Waals surface area (Å²) in [6.45, 7) is 10.5. The molecule has 6 heteroatoms. The fourth-order valence-corrected chi connectivity index (χ4v) is 4.53. The zero-order chi connectivity index (χ0) is 19.2. The van der Waals surface area contributed by atoms with Crippen molar-refractivity contribution in [2.45, 2.75) is 71.8 Å². The van der Waals surface area contributed by atoms with E-state index in [0.29, 0.717) is 11.8 Å². The summed E-state index contributed by atoms with van der Waals surface area (Å²) in [5.74, 6) is 1.56. The Morgan fingerprint density at radius 2 is 1.96 bits per heavy atom. The van der Waals surface area contributed by atoms with E-state index < -0.39 is 6.09 Å². The van der Waals surface area contributed by atoms with Gasteiger partial charge in [-0.3, -0.25) is 4.90 Å². The van der Waals surface area contributed by atoms with Crippen molar-refractivity contribution in [1.82, 2.24) is 9.21 Å². The first kappa shape index (κ1) is 21.2. The van der Waals surface area contributed by atoms with Crippen molar-refractivity contribution in [1.29, 1.82) is 0 Å². The predicted octanol–water partition coefficient (Wildman–Crippen LogP) is 5.46. The summed E-state index contributed by atoms with van der Waals surface area (Å²) >= 11 is 1.62. The number of hydrogen-bond donors (Lipinski definition) is 1. The third kappa shape index (κ3) is 5.68. The van der Waals surface area contributed by atoms with Crippen molar-refractivity contribution in [2.75, 3.05) is 19.0 Å². The van der Waals surface area contributed by atoms with Gasteiger partial charge in [0.2, 0.25) is 0 Å². The Bertz CT molecular complexity index is 537. The molecule has 2 aliphatic rings. The molecule has 1 heterocycles. The van der Waals surface area contributed by atoms with E-state index in [1.807, 2.05) is 6.08 Å². The predicted molar refractivity (Wildman–Crippen MR) is 108 cm³/mol. The van der Waals surface area contributed by atoms with Gasteiger partial charge in [-0.1, -0.05) is 44.7 Å². The highest BCUT2D eigenvalue weighted by atomic mass is 32.2. The molecule has 1 fully saturated rings. The topological polar surface area (TPSA) is 53.0 Å². The Balaban J connectivity index is 2.10. The minimum Gasteiger partial charge on any atom is -0.490 e. The average molecular weight is 383 g/mol. The van der Waals surface area contributed by atoms with Gasteiger partial charge < -0.3 is 9.84 Å². The first-order valence-corrected chi connectivity index (χ1v) is 10.8. The van der Waals surface area contributed by atoms with E-state index in [4.69, 9.17) is 4.74 Å². The number of allylic oxidation sites excluding steroid dienone is 3. The van der Waals surface area contributed by atoms with Crippen molar-refractivity contribution in [2.24, 2.45) is 5.92 Å². The molecule has 1 aliphatic carbocycles. The molecule has 2 rings (SSSR count).